The van der Waals surface area contributed by atoms with Crippen LogP contribution in [0.1, 0.15) is 119 Å². The summed E-state index contributed by atoms with van der Waals surface area (Å²) in [6, 6.07) is 12.4. The Morgan fingerprint density at radius 2 is 1.70 bits per heavy atom. The van der Waals surface area contributed by atoms with Crippen molar-refractivity contribution >= 4 is 12.0 Å². The molecule has 2 atom stereocenters. The minimum atomic E-state index is -0.859. The molecule has 1 saturated carbocycles. The molecule has 2 aromatic rings. The van der Waals surface area contributed by atoms with Gasteiger partial charge in [0, 0.05) is 29.8 Å². The lowest BCUT2D eigenvalue weighted by molar-refractivity contribution is -0.138. The van der Waals surface area contributed by atoms with Crippen LogP contribution in [0.2, 0.25) is 0 Å². The Morgan fingerprint density at radius 1 is 1.00 bits per heavy atom. The molecule has 6 nitrogen and oxygen atoms in total. The maximum absolute atomic E-state index is 10.7. The summed E-state index contributed by atoms with van der Waals surface area (Å²) < 4.78 is 5.08. The summed E-state index contributed by atoms with van der Waals surface area (Å²) >= 11 is 0. The average Bonchev–Trinajstić information content (AvgIpc) is 3.59. The predicted octanol–water partition coefficient (Wildman–Crippen LogP) is 7.20. The number of unbranched alkanes of at least 4 members (excludes halogenated alkanes) is 7. The predicted molar refractivity (Wildman–Crippen MR) is 163 cm³/mol. The van der Waals surface area contributed by atoms with Gasteiger partial charge in [-0.3, -0.25) is 4.79 Å². The van der Waals surface area contributed by atoms with Gasteiger partial charge in [-0.2, -0.15) is 0 Å². The molecule has 40 heavy (non-hydrogen) atoms. The van der Waals surface area contributed by atoms with Gasteiger partial charge in [0.15, 0.2) is 0 Å². The molecule has 0 amide bonds. The first kappa shape index (κ1) is 30.3. The van der Waals surface area contributed by atoms with Crippen LogP contribution in [0.4, 0.5) is 0 Å². The lowest BCUT2D eigenvalue weighted by atomic mass is 9.68. The third-order valence-corrected chi connectivity index (χ3v) is 8.92. The molecule has 0 saturated heterocycles. The van der Waals surface area contributed by atoms with Crippen LogP contribution in [0, 0.1) is 0 Å². The van der Waals surface area contributed by atoms with Crippen molar-refractivity contribution < 1.29 is 14.6 Å². The van der Waals surface area contributed by atoms with Crippen LogP contribution in [0.3, 0.4) is 0 Å². The van der Waals surface area contributed by atoms with Gasteiger partial charge in [0.25, 0.3) is 0 Å². The summed E-state index contributed by atoms with van der Waals surface area (Å²) in [7, 11) is 0. The van der Waals surface area contributed by atoms with Crippen molar-refractivity contribution in [3.63, 3.8) is 0 Å². The Morgan fingerprint density at radius 3 is 2.42 bits per heavy atom. The molecule has 6 heteroatoms. The topological polar surface area (TPSA) is 97.5 Å². The second-order valence-electron chi connectivity index (χ2n) is 11.7. The molecule has 1 aromatic carbocycles. The number of ether oxygens (including phenoxy) is 1. The van der Waals surface area contributed by atoms with Crippen molar-refractivity contribution in [2.24, 2.45) is 5.73 Å². The maximum atomic E-state index is 10.7. The summed E-state index contributed by atoms with van der Waals surface area (Å²) in [4.78, 5) is 14.6. The zero-order chi connectivity index (χ0) is 28.2. The minimum absolute atomic E-state index is 0.196. The zero-order valence-corrected chi connectivity index (χ0v) is 24.4. The fourth-order valence-electron chi connectivity index (χ4n) is 6.81. The first-order valence-electron chi connectivity index (χ1n) is 15.6. The van der Waals surface area contributed by atoms with E-state index >= 15 is 0 Å². The largest absolute Gasteiger partial charge is 0.481 e. The lowest BCUT2D eigenvalue weighted by Crippen LogP contribution is -2.52. The van der Waals surface area contributed by atoms with Gasteiger partial charge in [-0.15, -0.1) is 0 Å². The molecule has 218 valence electrons. The molecule has 1 fully saturated rings. The molecule has 0 bridgehead atoms. The molecule has 0 radical (unpaired) electrons. The number of hydrogen-bond donors (Lipinski definition) is 3. The second-order valence-corrected chi connectivity index (χ2v) is 11.7. The highest BCUT2D eigenvalue weighted by atomic mass is 16.5. The molecular weight excluding hydrogens is 498 g/mol. The number of carboxylic acid groups (broad SMARTS) is 1. The van der Waals surface area contributed by atoms with E-state index in [2.05, 4.69) is 47.6 Å². The number of pyridine rings is 1. The first-order chi connectivity index (χ1) is 19.6. The Labute approximate surface area is 240 Å². The highest BCUT2D eigenvalue weighted by Crippen LogP contribution is 2.48. The second kappa shape index (κ2) is 15.3. The van der Waals surface area contributed by atoms with E-state index in [9.17, 15) is 4.79 Å². The van der Waals surface area contributed by atoms with Crippen LogP contribution in [0.5, 0.6) is 5.88 Å². The smallest absolute Gasteiger partial charge is 0.314 e. The zero-order valence-electron chi connectivity index (χ0n) is 24.4. The molecule has 2 aliphatic carbocycles. The fourth-order valence-corrected chi connectivity index (χ4v) is 6.81. The number of rotatable bonds is 13. The van der Waals surface area contributed by atoms with Gasteiger partial charge >= 0.3 is 5.97 Å². The van der Waals surface area contributed by atoms with Crippen molar-refractivity contribution in [2.45, 2.75) is 108 Å². The quantitative estimate of drug-likeness (QED) is 0.229. The van der Waals surface area contributed by atoms with Gasteiger partial charge in [0.2, 0.25) is 5.88 Å². The van der Waals surface area contributed by atoms with Crippen LogP contribution in [-0.2, 0) is 4.79 Å². The monoisotopic (exact) mass is 547 g/mol. The molecular formula is C34H49N3O3. The standard InChI is InChI=1S/C26H42N2.C8H7NO3/c1-2-3-4-5-6-7-8-14-19-28-26(17-12-9-13-18-26)25-23(21-27)20-22-15-10-11-16-24(22)25;10-8(11)6-4-12-7-5(6)2-1-3-9-7/h10-11,15-16,20,25,28H,2-9,12-14,17-19,21,27H2,1H3;1-3,6H,4H2,(H,10,11). The molecule has 2 unspecified atom stereocenters. The van der Waals surface area contributed by atoms with E-state index in [0.29, 0.717) is 23.9 Å². The molecule has 3 aliphatic rings. The van der Waals surface area contributed by atoms with Gasteiger partial charge in [-0.25, -0.2) is 4.98 Å². The summed E-state index contributed by atoms with van der Waals surface area (Å²) in [5.41, 5.74) is 11.4. The Kier molecular flexibility index (Phi) is 11.6. The average molecular weight is 548 g/mol. The van der Waals surface area contributed by atoms with Crippen LogP contribution >= 0.6 is 0 Å². The Bertz CT molecular complexity index is 1110. The number of benzene rings is 1. The van der Waals surface area contributed by atoms with E-state index in [-0.39, 0.29) is 12.1 Å². The van der Waals surface area contributed by atoms with E-state index in [0.717, 1.165) is 6.54 Å². The van der Waals surface area contributed by atoms with E-state index in [4.69, 9.17) is 15.6 Å². The minimum Gasteiger partial charge on any atom is -0.481 e. The number of nitrogens with two attached hydrogens (primary N) is 1. The summed E-state index contributed by atoms with van der Waals surface area (Å²) in [5.74, 6) is -0.483. The highest BCUT2D eigenvalue weighted by molar-refractivity contribution is 5.78. The number of carbonyl (C=O) groups is 1. The van der Waals surface area contributed by atoms with Gasteiger partial charge in [0.1, 0.15) is 12.5 Å². The van der Waals surface area contributed by atoms with E-state index in [1.165, 1.54) is 100 Å². The van der Waals surface area contributed by atoms with Crippen molar-refractivity contribution in [3.8, 4) is 5.88 Å². The lowest BCUT2D eigenvalue weighted by Gasteiger charge is -2.45. The molecule has 5 rings (SSSR count). The summed E-state index contributed by atoms with van der Waals surface area (Å²) in [6.45, 7) is 4.33. The van der Waals surface area contributed by atoms with Crippen LogP contribution in [0.15, 0.2) is 48.2 Å². The van der Waals surface area contributed by atoms with Crippen LogP contribution in [0.25, 0.3) is 6.08 Å². The van der Waals surface area contributed by atoms with Gasteiger partial charge < -0.3 is 20.9 Å². The Hall–Kier alpha value is -2.70. The molecule has 4 N–H and O–H groups in total. The summed E-state index contributed by atoms with van der Waals surface area (Å²) in [5, 5.41) is 12.8. The van der Waals surface area contributed by atoms with Crippen molar-refractivity contribution in [2.75, 3.05) is 19.7 Å². The third kappa shape index (κ3) is 7.52. The molecule has 1 aliphatic heterocycles. The van der Waals surface area contributed by atoms with Gasteiger partial charge in [-0.1, -0.05) is 108 Å². The third-order valence-electron chi connectivity index (χ3n) is 8.92. The first-order valence-corrected chi connectivity index (χ1v) is 15.6. The Balaban J connectivity index is 0.000000255. The van der Waals surface area contributed by atoms with Gasteiger partial charge in [0.05, 0.1) is 0 Å². The van der Waals surface area contributed by atoms with Gasteiger partial charge in [-0.05, 0) is 48.6 Å². The highest BCUT2D eigenvalue weighted by Gasteiger charge is 2.44. The summed E-state index contributed by atoms with van der Waals surface area (Å²) in [6.07, 6.45) is 21.7. The van der Waals surface area contributed by atoms with E-state index in [1.807, 2.05) is 0 Å². The number of nitrogens with zero attached hydrogens (tertiary/aromatic N) is 1. The number of nitrogens with one attached hydrogen (secondary N) is 1. The van der Waals surface area contributed by atoms with E-state index in [1.54, 1.807) is 18.3 Å². The fraction of sp³-hybridized carbons (Fsp3) is 0.588. The number of fused-ring (bicyclic) bond motifs is 2. The number of carboxylic acids is 1. The number of hydrogen-bond acceptors (Lipinski definition) is 5. The SMILES string of the molecule is CCCCCCCCCCNC1(C2C(CN)=Cc3ccccc32)CCCCC1.O=C(O)C1COc2ncccc21. The normalized spacial score (nSPS) is 20.5. The van der Waals surface area contributed by atoms with Crippen molar-refractivity contribution in [1.29, 1.82) is 0 Å². The van der Waals surface area contributed by atoms with Crippen LogP contribution in [-0.4, -0.2) is 41.3 Å². The molecule has 0 spiro atoms. The van der Waals surface area contributed by atoms with Crippen molar-refractivity contribution in [1.82, 2.24) is 10.3 Å². The molecule has 2 heterocycles. The number of aliphatic carboxylic acids is 1. The van der Waals surface area contributed by atoms with Crippen LogP contribution < -0.4 is 15.8 Å². The maximum Gasteiger partial charge on any atom is 0.314 e. The van der Waals surface area contributed by atoms with Crippen molar-refractivity contribution in [3.05, 3.63) is 64.9 Å². The number of aromatic nitrogens is 1. The molecule has 1 aromatic heterocycles. The van der Waals surface area contributed by atoms with E-state index < -0.39 is 11.9 Å².